The van der Waals surface area contributed by atoms with Crippen molar-refractivity contribution in [3.63, 3.8) is 0 Å². The maximum atomic E-state index is 3.76. The molecule has 0 amide bonds. The fourth-order valence-electron chi connectivity index (χ4n) is 3.97. The highest BCUT2D eigenvalue weighted by Gasteiger charge is 2.36. The normalized spacial score (nSPS) is 33.3. The number of hydrogen-bond donors (Lipinski definition) is 1. The Hall–Kier alpha value is -0.0800. The van der Waals surface area contributed by atoms with Crippen LogP contribution in [-0.2, 0) is 0 Å². The van der Waals surface area contributed by atoms with Gasteiger partial charge in [-0.15, -0.1) is 0 Å². The Balaban J connectivity index is 1.87. The molecule has 2 heterocycles. The van der Waals surface area contributed by atoms with Crippen molar-refractivity contribution < 1.29 is 0 Å². The SMILES string of the molecule is CCN(C(C)CCC(C)C)C1CC2CCC(C1)N2. The van der Waals surface area contributed by atoms with Gasteiger partial charge in [0.05, 0.1) is 0 Å². The summed E-state index contributed by atoms with van der Waals surface area (Å²) in [6, 6.07) is 3.25. The number of nitrogens with zero attached hydrogens (tertiary/aromatic N) is 1. The van der Waals surface area contributed by atoms with Crippen LogP contribution in [0.3, 0.4) is 0 Å². The van der Waals surface area contributed by atoms with E-state index in [0.29, 0.717) is 0 Å². The van der Waals surface area contributed by atoms with E-state index in [1.807, 2.05) is 0 Å². The average molecular weight is 252 g/mol. The van der Waals surface area contributed by atoms with Crippen molar-refractivity contribution in [3.8, 4) is 0 Å². The molecule has 1 N–H and O–H groups in total. The van der Waals surface area contributed by atoms with Gasteiger partial charge in [0.15, 0.2) is 0 Å². The van der Waals surface area contributed by atoms with Gasteiger partial charge in [0.2, 0.25) is 0 Å². The van der Waals surface area contributed by atoms with E-state index in [1.165, 1.54) is 45.1 Å². The molecule has 3 unspecified atom stereocenters. The molecule has 106 valence electrons. The van der Waals surface area contributed by atoms with Gasteiger partial charge >= 0.3 is 0 Å². The molecule has 2 saturated heterocycles. The fourth-order valence-corrected chi connectivity index (χ4v) is 3.97. The first kappa shape index (κ1) is 14.3. The zero-order chi connectivity index (χ0) is 13.1. The van der Waals surface area contributed by atoms with Crippen molar-refractivity contribution in [2.45, 2.75) is 90.4 Å². The van der Waals surface area contributed by atoms with Gasteiger partial charge in [-0.2, -0.15) is 0 Å². The average Bonchev–Trinajstić information content (AvgIpc) is 2.67. The molecule has 2 nitrogen and oxygen atoms in total. The molecule has 0 aromatic carbocycles. The molecule has 2 fully saturated rings. The topological polar surface area (TPSA) is 15.3 Å². The summed E-state index contributed by atoms with van der Waals surface area (Å²) in [5.41, 5.74) is 0. The fraction of sp³-hybridized carbons (Fsp3) is 1.00. The molecule has 2 aliphatic rings. The van der Waals surface area contributed by atoms with Crippen molar-refractivity contribution in [1.29, 1.82) is 0 Å². The summed E-state index contributed by atoms with van der Waals surface area (Å²) in [4.78, 5) is 2.79. The maximum absolute atomic E-state index is 3.76. The summed E-state index contributed by atoms with van der Waals surface area (Å²) in [5.74, 6) is 0.843. The van der Waals surface area contributed by atoms with Crippen LogP contribution in [0.25, 0.3) is 0 Å². The second-order valence-electron chi connectivity index (χ2n) is 6.91. The summed E-state index contributed by atoms with van der Waals surface area (Å²) in [7, 11) is 0. The maximum Gasteiger partial charge on any atom is 0.0128 e. The Kier molecular flexibility index (Phi) is 5.08. The van der Waals surface area contributed by atoms with E-state index in [0.717, 1.165) is 30.1 Å². The van der Waals surface area contributed by atoms with Gasteiger partial charge in [0, 0.05) is 24.2 Å². The lowest BCUT2D eigenvalue weighted by Crippen LogP contribution is -2.50. The monoisotopic (exact) mass is 252 g/mol. The quantitative estimate of drug-likeness (QED) is 0.779. The molecule has 18 heavy (non-hydrogen) atoms. The third kappa shape index (κ3) is 3.48. The lowest BCUT2D eigenvalue weighted by molar-refractivity contribution is 0.100. The predicted octanol–water partition coefficient (Wildman–Crippen LogP) is 3.42. The third-order valence-corrected chi connectivity index (χ3v) is 5.01. The lowest BCUT2D eigenvalue weighted by Gasteiger charge is -2.41. The van der Waals surface area contributed by atoms with Gasteiger partial charge in [0.25, 0.3) is 0 Å². The van der Waals surface area contributed by atoms with Crippen molar-refractivity contribution in [2.75, 3.05) is 6.54 Å². The first-order valence-corrected chi connectivity index (χ1v) is 8.12. The van der Waals surface area contributed by atoms with Crippen LogP contribution in [0.5, 0.6) is 0 Å². The molecule has 0 spiro atoms. The second kappa shape index (κ2) is 6.38. The van der Waals surface area contributed by atoms with E-state index in [-0.39, 0.29) is 0 Å². The number of piperidine rings is 1. The number of rotatable bonds is 6. The minimum absolute atomic E-state index is 0.764. The molecule has 2 heteroatoms. The van der Waals surface area contributed by atoms with E-state index in [2.05, 4.69) is 37.9 Å². The van der Waals surface area contributed by atoms with Crippen LogP contribution in [0.4, 0.5) is 0 Å². The Morgan fingerprint density at radius 3 is 2.17 bits per heavy atom. The minimum atomic E-state index is 0.764. The van der Waals surface area contributed by atoms with Gasteiger partial charge in [-0.25, -0.2) is 0 Å². The van der Waals surface area contributed by atoms with Crippen molar-refractivity contribution >= 4 is 0 Å². The molecular formula is C16H32N2. The molecule has 0 aliphatic carbocycles. The largest absolute Gasteiger partial charge is 0.311 e. The Labute approximate surface area is 114 Å². The summed E-state index contributed by atoms with van der Waals surface area (Å²) in [6.45, 7) is 10.7. The van der Waals surface area contributed by atoms with Crippen molar-refractivity contribution in [3.05, 3.63) is 0 Å². The second-order valence-corrected chi connectivity index (χ2v) is 6.91. The van der Waals surface area contributed by atoms with Gasteiger partial charge in [-0.1, -0.05) is 20.8 Å². The van der Waals surface area contributed by atoms with Crippen LogP contribution in [-0.4, -0.2) is 35.6 Å². The van der Waals surface area contributed by atoms with Gasteiger partial charge in [-0.05, 0) is 57.9 Å². The summed E-state index contributed by atoms with van der Waals surface area (Å²) in [5, 5.41) is 3.76. The molecule has 2 bridgehead atoms. The number of fused-ring (bicyclic) bond motifs is 2. The Bertz CT molecular complexity index is 239. The molecule has 2 aliphatic heterocycles. The molecule has 2 rings (SSSR count). The third-order valence-electron chi connectivity index (χ3n) is 5.01. The Morgan fingerprint density at radius 2 is 1.67 bits per heavy atom. The van der Waals surface area contributed by atoms with E-state index in [1.54, 1.807) is 0 Å². The van der Waals surface area contributed by atoms with Gasteiger partial charge < -0.3 is 5.32 Å². The predicted molar refractivity (Wildman–Crippen MR) is 78.9 cm³/mol. The summed E-state index contributed by atoms with van der Waals surface area (Å²) >= 11 is 0. The molecule has 3 atom stereocenters. The van der Waals surface area contributed by atoms with E-state index < -0.39 is 0 Å². The minimum Gasteiger partial charge on any atom is -0.311 e. The molecule has 0 aromatic rings. The lowest BCUT2D eigenvalue weighted by atomic mass is 9.95. The van der Waals surface area contributed by atoms with Gasteiger partial charge in [0.1, 0.15) is 0 Å². The molecule has 0 radical (unpaired) electrons. The zero-order valence-corrected chi connectivity index (χ0v) is 12.8. The highest BCUT2D eigenvalue weighted by Crippen LogP contribution is 2.31. The number of hydrogen-bond acceptors (Lipinski definition) is 2. The van der Waals surface area contributed by atoms with Crippen LogP contribution in [0, 0.1) is 5.92 Å². The zero-order valence-electron chi connectivity index (χ0n) is 12.8. The van der Waals surface area contributed by atoms with Crippen molar-refractivity contribution in [1.82, 2.24) is 10.2 Å². The van der Waals surface area contributed by atoms with Crippen molar-refractivity contribution in [2.24, 2.45) is 5.92 Å². The van der Waals surface area contributed by atoms with Gasteiger partial charge in [-0.3, -0.25) is 4.90 Å². The number of nitrogens with one attached hydrogen (secondary N) is 1. The Morgan fingerprint density at radius 1 is 1.06 bits per heavy atom. The van der Waals surface area contributed by atoms with Crippen LogP contribution in [0.15, 0.2) is 0 Å². The van der Waals surface area contributed by atoms with E-state index in [4.69, 9.17) is 0 Å². The highest BCUT2D eigenvalue weighted by atomic mass is 15.2. The van der Waals surface area contributed by atoms with Crippen LogP contribution >= 0.6 is 0 Å². The summed E-state index contributed by atoms with van der Waals surface area (Å²) < 4.78 is 0. The first-order valence-electron chi connectivity index (χ1n) is 8.12. The van der Waals surface area contributed by atoms with Crippen LogP contribution in [0.2, 0.25) is 0 Å². The van der Waals surface area contributed by atoms with Crippen LogP contribution < -0.4 is 5.32 Å². The van der Waals surface area contributed by atoms with E-state index in [9.17, 15) is 0 Å². The van der Waals surface area contributed by atoms with Crippen LogP contribution in [0.1, 0.15) is 66.2 Å². The molecule has 0 saturated carbocycles. The molecular weight excluding hydrogens is 220 g/mol. The standard InChI is InChI=1S/C16H32N2/c1-5-18(13(4)7-6-12(2)3)16-10-14-8-9-15(11-16)17-14/h12-17H,5-11H2,1-4H3. The summed E-state index contributed by atoms with van der Waals surface area (Å²) in [6.07, 6.45) is 8.34. The highest BCUT2D eigenvalue weighted by molar-refractivity contribution is 4.96. The molecule has 0 aromatic heterocycles. The smallest absolute Gasteiger partial charge is 0.0128 e. The first-order chi connectivity index (χ1) is 8.60. The van der Waals surface area contributed by atoms with E-state index >= 15 is 0 Å².